The molecule has 32 heavy (non-hydrogen) atoms. The Morgan fingerprint density at radius 3 is 2.62 bits per heavy atom. The number of carbonyl (C=O) groups is 1. The van der Waals surface area contributed by atoms with Gasteiger partial charge in [0.15, 0.2) is 0 Å². The number of carbonyl (C=O) groups excluding carboxylic acids is 1. The lowest BCUT2D eigenvalue weighted by molar-refractivity contribution is 0.0586. The third-order valence-electron chi connectivity index (χ3n) is 7.47. The van der Waals surface area contributed by atoms with Gasteiger partial charge in [-0.3, -0.25) is 9.69 Å². The highest BCUT2D eigenvalue weighted by atomic mass is 19.1. The lowest BCUT2D eigenvalue weighted by atomic mass is 9.97. The first kappa shape index (κ1) is 21.7. The average Bonchev–Trinajstić information content (AvgIpc) is 3.14. The first-order valence-electron chi connectivity index (χ1n) is 12.2. The second-order valence-electron chi connectivity index (χ2n) is 9.65. The second-order valence-corrected chi connectivity index (χ2v) is 9.65. The van der Waals surface area contributed by atoms with Crippen LogP contribution in [0.1, 0.15) is 65.1 Å². The minimum atomic E-state index is -0.205. The van der Waals surface area contributed by atoms with E-state index in [0.717, 1.165) is 67.1 Å². The van der Waals surface area contributed by atoms with Crippen LogP contribution >= 0.6 is 0 Å². The summed E-state index contributed by atoms with van der Waals surface area (Å²) in [4.78, 5) is 20.5. The first-order valence-corrected chi connectivity index (χ1v) is 12.2. The molecule has 0 unspecified atom stereocenters. The molecule has 0 aliphatic carbocycles. The number of halogens is 1. The summed E-state index contributed by atoms with van der Waals surface area (Å²) in [6.07, 6.45) is 6.90. The van der Waals surface area contributed by atoms with Crippen LogP contribution in [0.4, 0.5) is 4.39 Å². The number of fused-ring (bicyclic) bond motifs is 1. The van der Waals surface area contributed by atoms with Gasteiger partial charge in [0.05, 0.1) is 5.56 Å². The first-order chi connectivity index (χ1) is 15.6. The number of furan rings is 1. The van der Waals surface area contributed by atoms with Gasteiger partial charge in [-0.1, -0.05) is 18.6 Å². The molecule has 2 fully saturated rings. The van der Waals surface area contributed by atoms with Gasteiger partial charge in [-0.2, -0.15) is 0 Å². The zero-order valence-electron chi connectivity index (χ0n) is 19.1. The molecule has 1 aromatic carbocycles. The summed E-state index contributed by atoms with van der Waals surface area (Å²) in [5.74, 6) is 1.61. The van der Waals surface area contributed by atoms with Crippen molar-refractivity contribution in [3.63, 3.8) is 0 Å². The summed E-state index contributed by atoms with van der Waals surface area (Å²) in [7, 11) is 0. The maximum absolute atomic E-state index is 13.6. The molecule has 4 heterocycles. The summed E-state index contributed by atoms with van der Waals surface area (Å²) in [6, 6.07) is 7.40. The van der Waals surface area contributed by atoms with Crippen LogP contribution in [-0.4, -0.2) is 59.4 Å². The van der Waals surface area contributed by atoms with Crippen LogP contribution in [0.2, 0.25) is 0 Å². The van der Waals surface area contributed by atoms with Gasteiger partial charge in [0.1, 0.15) is 17.3 Å². The van der Waals surface area contributed by atoms with E-state index in [0.29, 0.717) is 19.1 Å². The van der Waals surface area contributed by atoms with Crippen molar-refractivity contribution >= 4 is 5.91 Å². The maximum Gasteiger partial charge on any atom is 0.257 e. The molecule has 3 aliphatic heterocycles. The predicted octanol–water partition coefficient (Wildman–Crippen LogP) is 4.38. The third-order valence-corrected chi connectivity index (χ3v) is 7.47. The lowest BCUT2D eigenvalue weighted by Gasteiger charge is -2.40. The summed E-state index contributed by atoms with van der Waals surface area (Å²) in [5, 5.41) is 0. The van der Waals surface area contributed by atoms with Gasteiger partial charge in [-0.05, 0) is 63.4 Å². The Labute approximate surface area is 190 Å². The van der Waals surface area contributed by atoms with Gasteiger partial charge in [0.2, 0.25) is 0 Å². The van der Waals surface area contributed by atoms with Crippen LogP contribution in [-0.2, 0) is 19.5 Å². The fourth-order valence-corrected chi connectivity index (χ4v) is 5.76. The van der Waals surface area contributed by atoms with Crippen molar-refractivity contribution in [2.75, 3.05) is 32.7 Å². The fourth-order valence-electron chi connectivity index (χ4n) is 5.76. The van der Waals surface area contributed by atoms with E-state index in [1.165, 1.54) is 38.4 Å². The molecule has 5 rings (SSSR count). The minimum absolute atomic E-state index is 0.122. The van der Waals surface area contributed by atoms with E-state index in [2.05, 4.69) is 9.80 Å². The molecule has 2 saturated heterocycles. The number of rotatable bonds is 4. The number of amides is 1. The number of hydrogen-bond donors (Lipinski definition) is 0. The van der Waals surface area contributed by atoms with Crippen molar-refractivity contribution in [2.24, 2.45) is 0 Å². The Hall–Kier alpha value is -2.18. The van der Waals surface area contributed by atoms with E-state index in [1.54, 1.807) is 12.1 Å². The Morgan fingerprint density at radius 1 is 1.09 bits per heavy atom. The Morgan fingerprint density at radius 2 is 1.88 bits per heavy atom. The van der Waals surface area contributed by atoms with Crippen LogP contribution in [0, 0.1) is 12.7 Å². The molecule has 172 valence electrons. The number of hydrogen-bond acceptors (Lipinski definition) is 4. The van der Waals surface area contributed by atoms with Crippen molar-refractivity contribution in [3.8, 4) is 0 Å². The molecule has 5 nitrogen and oxygen atoms in total. The molecule has 1 aromatic heterocycles. The van der Waals surface area contributed by atoms with Crippen LogP contribution in [0.15, 0.2) is 28.7 Å². The van der Waals surface area contributed by atoms with Gasteiger partial charge in [-0.25, -0.2) is 4.39 Å². The summed E-state index contributed by atoms with van der Waals surface area (Å²) < 4.78 is 19.6. The van der Waals surface area contributed by atoms with E-state index in [4.69, 9.17) is 4.42 Å². The zero-order valence-corrected chi connectivity index (χ0v) is 19.1. The number of aryl methyl sites for hydroxylation is 1. The maximum atomic E-state index is 13.6. The number of nitrogens with zero attached hydrogens (tertiary/aromatic N) is 3. The highest BCUT2D eigenvalue weighted by molar-refractivity contribution is 5.97. The van der Waals surface area contributed by atoms with Gasteiger partial charge in [0, 0.05) is 50.7 Å². The van der Waals surface area contributed by atoms with Gasteiger partial charge in [-0.15, -0.1) is 0 Å². The zero-order chi connectivity index (χ0) is 22.1. The quantitative estimate of drug-likeness (QED) is 0.709. The summed E-state index contributed by atoms with van der Waals surface area (Å²) in [6.45, 7) is 8.21. The van der Waals surface area contributed by atoms with Crippen LogP contribution in [0.5, 0.6) is 0 Å². The average molecular weight is 440 g/mol. The molecule has 0 atom stereocenters. The summed E-state index contributed by atoms with van der Waals surface area (Å²) >= 11 is 0. The van der Waals surface area contributed by atoms with Crippen molar-refractivity contribution in [1.29, 1.82) is 0 Å². The van der Waals surface area contributed by atoms with E-state index < -0.39 is 0 Å². The van der Waals surface area contributed by atoms with Crippen LogP contribution < -0.4 is 0 Å². The largest absolute Gasteiger partial charge is 0.465 e. The van der Waals surface area contributed by atoms with Crippen molar-refractivity contribution in [1.82, 2.24) is 14.7 Å². The molecular formula is C26H34FN3O2. The second kappa shape index (κ2) is 9.36. The van der Waals surface area contributed by atoms with Gasteiger partial charge >= 0.3 is 0 Å². The smallest absolute Gasteiger partial charge is 0.257 e. The number of benzene rings is 1. The van der Waals surface area contributed by atoms with E-state index in [-0.39, 0.29) is 11.7 Å². The molecule has 0 bridgehead atoms. The molecule has 0 saturated carbocycles. The highest BCUT2D eigenvalue weighted by Gasteiger charge is 2.33. The van der Waals surface area contributed by atoms with Crippen LogP contribution in [0.3, 0.4) is 0 Å². The van der Waals surface area contributed by atoms with Gasteiger partial charge in [0.25, 0.3) is 5.91 Å². The van der Waals surface area contributed by atoms with E-state index in [9.17, 15) is 9.18 Å². The molecule has 6 heteroatoms. The fraction of sp³-hybridized carbons (Fsp3) is 0.577. The monoisotopic (exact) mass is 439 g/mol. The SMILES string of the molecule is Cc1oc2c(c1C(=O)N1CCC(N3CCCCC3)CC1)CN(Cc1cccc(F)c1)CC2. The number of piperidine rings is 2. The van der Waals surface area contributed by atoms with Crippen molar-refractivity contribution in [2.45, 2.75) is 64.6 Å². The van der Waals surface area contributed by atoms with Crippen molar-refractivity contribution < 1.29 is 13.6 Å². The molecule has 1 amide bonds. The molecule has 0 spiro atoms. The van der Waals surface area contributed by atoms with E-state index >= 15 is 0 Å². The molecule has 0 N–H and O–H groups in total. The Kier molecular flexibility index (Phi) is 6.33. The Balaban J connectivity index is 1.26. The third kappa shape index (κ3) is 4.48. The molecular weight excluding hydrogens is 405 g/mol. The molecule has 3 aliphatic rings. The highest BCUT2D eigenvalue weighted by Crippen LogP contribution is 2.31. The van der Waals surface area contributed by atoms with Gasteiger partial charge < -0.3 is 14.2 Å². The number of likely N-dealkylation sites (tertiary alicyclic amines) is 2. The normalized spacial score (nSPS) is 21.0. The predicted molar refractivity (Wildman–Crippen MR) is 122 cm³/mol. The van der Waals surface area contributed by atoms with Crippen LogP contribution in [0.25, 0.3) is 0 Å². The topological polar surface area (TPSA) is 39.9 Å². The summed E-state index contributed by atoms with van der Waals surface area (Å²) in [5.41, 5.74) is 2.76. The molecule has 0 radical (unpaired) electrons. The lowest BCUT2D eigenvalue weighted by Crippen LogP contribution is -2.48. The Bertz CT molecular complexity index is 958. The van der Waals surface area contributed by atoms with E-state index in [1.807, 2.05) is 17.9 Å². The minimum Gasteiger partial charge on any atom is -0.465 e. The standard InChI is InChI=1S/C26H34FN3O2/c1-19-25(26(31)30-14-8-22(9-15-30)29-11-3-2-4-12-29)23-18-28(13-10-24(23)32-19)17-20-6-5-7-21(27)16-20/h5-7,16,22H,2-4,8-15,17-18H2,1H3. The van der Waals surface area contributed by atoms with Crippen molar-refractivity contribution in [3.05, 3.63) is 58.3 Å². The molecule has 2 aromatic rings.